The minimum absolute atomic E-state index is 0.0922. The van der Waals surface area contributed by atoms with Crippen LogP contribution in [0, 0.1) is 5.82 Å². The van der Waals surface area contributed by atoms with Crippen molar-refractivity contribution in [1.29, 1.82) is 0 Å². The monoisotopic (exact) mass is 264 g/mol. The second-order valence-electron chi connectivity index (χ2n) is 5.57. The molecule has 0 radical (unpaired) electrons. The zero-order valence-corrected chi connectivity index (χ0v) is 12.0. The Morgan fingerprint density at radius 2 is 2.11 bits per heavy atom. The van der Waals surface area contributed by atoms with Gasteiger partial charge in [-0.2, -0.15) is 0 Å². The van der Waals surface area contributed by atoms with Crippen molar-refractivity contribution in [3.05, 3.63) is 35.6 Å². The maximum absolute atomic E-state index is 13.7. The summed E-state index contributed by atoms with van der Waals surface area (Å²) in [6.07, 6.45) is 4.90. The van der Waals surface area contributed by atoms with Crippen LogP contribution in [0.2, 0.25) is 0 Å². The summed E-state index contributed by atoms with van der Waals surface area (Å²) >= 11 is 0. The first-order valence-corrected chi connectivity index (χ1v) is 7.39. The number of nitrogens with zero attached hydrogens (tertiary/aromatic N) is 1. The van der Waals surface area contributed by atoms with Gasteiger partial charge in [-0.25, -0.2) is 4.39 Å². The summed E-state index contributed by atoms with van der Waals surface area (Å²) in [6.45, 7) is 3.97. The summed E-state index contributed by atoms with van der Waals surface area (Å²) in [5, 5.41) is 3.63. The van der Waals surface area contributed by atoms with Crippen molar-refractivity contribution >= 4 is 0 Å². The van der Waals surface area contributed by atoms with Gasteiger partial charge in [-0.1, -0.05) is 31.5 Å². The molecule has 2 rings (SSSR count). The van der Waals surface area contributed by atoms with E-state index in [0.29, 0.717) is 18.6 Å². The van der Waals surface area contributed by atoms with Crippen LogP contribution in [0.15, 0.2) is 24.3 Å². The standard InChI is InChI=1S/C16H25FN2/c1-3-11-18-15-9-6-10-16(15)19(2)12-13-7-4-5-8-14(13)17/h4-5,7-8,15-16,18H,3,6,9-12H2,1-2H3. The lowest BCUT2D eigenvalue weighted by Gasteiger charge is -2.30. The lowest BCUT2D eigenvalue weighted by molar-refractivity contribution is 0.201. The van der Waals surface area contributed by atoms with E-state index in [0.717, 1.165) is 12.1 Å². The average molecular weight is 264 g/mol. The molecule has 1 aromatic carbocycles. The van der Waals surface area contributed by atoms with Gasteiger partial charge in [-0.3, -0.25) is 4.90 Å². The molecule has 2 nitrogen and oxygen atoms in total. The molecule has 1 fully saturated rings. The fourth-order valence-electron chi connectivity index (χ4n) is 3.05. The van der Waals surface area contributed by atoms with Gasteiger partial charge in [0.2, 0.25) is 0 Å². The smallest absolute Gasteiger partial charge is 0.127 e. The van der Waals surface area contributed by atoms with E-state index in [1.54, 1.807) is 12.1 Å². The van der Waals surface area contributed by atoms with E-state index >= 15 is 0 Å². The van der Waals surface area contributed by atoms with Crippen LogP contribution in [-0.2, 0) is 6.54 Å². The number of nitrogens with one attached hydrogen (secondary N) is 1. The van der Waals surface area contributed by atoms with Crippen molar-refractivity contribution in [3.63, 3.8) is 0 Å². The second kappa shape index (κ2) is 7.01. The molecule has 3 heteroatoms. The van der Waals surface area contributed by atoms with E-state index in [1.165, 1.54) is 25.7 Å². The molecule has 2 atom stereocenters. The van der Waals surface area contributed by atoms with Gasteiger partial charge in [0.25, 0.3) is 0 Å². The molecule has 0 aromatic heterocycles. The summed E-state index contributed by atoms with van der Waals surface area (Å²) in [7, 11) is 2.11. The highest BCUT2D eigenvalue weighted by atomic mass is 19.1. The third-order valence-corrected chi connectivity index (χ3v) is 4.08. The number of halogens is 1. The number of rotatable bonds is 6. The minimum atomic E-state index is -0.0922. The number of hydrogen-bond donors (Lipinski definition) is 1. The topological polar surface area (TPSA) is 15.3 Å². The zero-order valence-electron chi connectivity index (χ0n) is 12.0. The van der Waals surface area contributed by atoms with Gasteiger partial charge < -0.3 is 5.32 Å². The summed E-state index contributed by atoms with van der Waals surface area (Å²) < 4.78 is 13.7. The molecule has 1 aromatic rings. The fourth-order valence-corrected chi connectivity index (χ4v) is 3.05. The molecule has 0 spiro atoms. The van der Waals surface area contributed by atoms with Crippen LogP contribution in [-0.4, -0.2) is 30.6 Å². The molecule has 1 N–H and O–H groups in total. The first-order valence-electron chi connectivity index (χ1n) is 7.39. The van der Waals surface area contributed by atoms with E-state index in [4.69, 9.17) is 0 Å². The summed E-state index contributed by atoms with van der Waals surface area (Å²) in [5.74, 6) is -0.0922. The summed E-state index contributed by atoms with van der Waals surface area (Å²) in [4.78, 5) is 2.30. The van der Waals surface area contributed by atoms with Crippen LogP contribution < -0.4 is 5.32 Å². The Bertz CT molecular complexity index is 394. The first kappa shape index (κ1) is 14.5. The fraction of sp³-hybridized carbons (Fsp3) is 0.625. The van der Waals surface area contributed by atoms with Gasteiger partial charge in [0.15, 0.2) is 0 Å². The van der Waals surface area contributed by atoms with Crippen molar-refractivity contribution in [2.24, 2.45) is 0 Å². The highest BCUT2D eigenvalue weighted by Gasteiger charge is 2.29. The van der Waals surface area contributed by atoms with Crippen LogP contribution in [0.4, 0.5) is 4.39 Å². The van der Waals surface area contributed by atoms with E-state index < -0.39 is 0 Å². The highest BCUT2D eigenvalue weighted by molar-refractivity contribution is 5.17. The second-order valence-corrected chi connectivity index (χ2v) is 5.57. The van der Waals surface area contributed by atoms with Gasteiger partial charge in [0.05, 0.1) is 0 Å². The van der Waals surface area contributed by atoms with E-state index in [2.05, 4.69) is 24.2 Å². The van der Waals surface area contributed by atoms with Crippen molar-refractivity contribution in [3.8, 4) is 0 Å². The van der Waals surface area contributed by atoms with Crippen molar-refractivity contribution in [2.75, 3.05) is 13.6 Å². The Kier molecular flexibility index (Phi) is 5.34. The van der Waals surface area contributed by atoms with Crippen LogP contribution in [0.3, 0.4) is 0 Å². The Morgan fingerprint density at radius 1 is 1.32 bits per heavy atom. The third kappa shape index (κ3) is 3.77. The van der Waals surface area contributed by atoms with Gasteiger partial charge >= 0.3 is 0 Å². The van der Waals surface area contributed by atoms with Crippen LogP contribution >= 0.6 is 0 Å². The molecule has 0 aliphatic heterocycles. The van der Waals surface area contributed by atoms with Crippen LogP contribution in [0.5, 0.6) is 0 Å². The number of hydrogen-bond acceptors (Lipinski definition) is 2. The zero-order chi connectivity index (χ0) is 13.7. The Balaban J connectivity index is 1.95. The summed E-state index contributed by atoms with van der Waals surface area (Å²) in [5.41, 5.74) is 0.797. The highest BCUT2D eigenvalue weighted by Crippen LogP contribution is 2.25. The third-order valence-electron chi connectivity index (χ3n) is 4.08. The molecule has 1 aliphatic carbocycles. The van der Waals surface area contributed by atoms with Gasteiger partial charge in [-0.05, 0) is 38.9 Å². The average Bonchev–Trinajstić information content (AvgIpc) is 2.87. The van der Waals surface area contributed by atoms with Gasteiger partial charge in [0.1, 0.15) is 5.82 Å². The predicted molar refractivity (Wildman–Crippen MR) is 77.6 cm³/mol. The lowest BCUT2D eigenvalue weighted by Crippen LogP contribution is -2.45. The molecule has 106 valence electrons. The van der Waals surface area contributed by atoms with Crippen molar-refractivity contribution in [1.82, 2.24) is 10.2 Å². The SMILES string of the molecule is CCCNC1CCCC1N(C)Cc1ccccc1F. The quantitative estimate of drug-likeness (QED) is 0.849. The normalized spacial score (nSPS) is 23.2. The maximum Gasteiger partial charge on any atom is 0.127 e. The molecule has 19 heavy (non-hydrogen) atoms. The maximum atomic E-state index is 13.7. The molecular formula is C16H25FN2. The molecule has 0 heterocycles. The van der Waals surface area contributed by atoms with Gasteiger partial charge in [0, 0.05) is 24.2 Å². The first-order chi connectivity index (χ1) is 9.22. The molecule has 2 unspecified atom stereocenters. The Morgan fingerprint density at radius 3 is 2.84 bits per heavy atom. The van der Waals surface area contributed by atoms with E-state index in [-0.39, 0.29) is 5.82 Å². The largest absolute Gasteiger partial charge is 0.312 e. The minimum Gasteiger partial charge on any atom is -0.312 e. The molecule has 1 aliphatic rings. The van der Waals surface area contributed by atoms with Crippen LogP contribution in [0.25, 0.3) is 0 Å². The molecule has 0 bridgehead atoms. The Hall–Kier alpha value is -0.930. The van der Waals surface area contributed by atoms with Crippen molar-refractivity contribution < 1.29 is 4.39 Å². The van der Waals surface area contributed by atoms with E-state index in [1.807, 2.05) is 12.1 Å². The number of benzene rings is 1. The molecule has 0 saturated heterocycles. The summed E-state index contributed by atoms with van der Waals surface area (Å²) in [6, 6.07) is 8.19. The predicted octanol–water partition coefficient (Wildman–Crippen LogP) is 3.18. The Labute approximate surface area is 116 Å². The molecule has 0 amide bonds. The van der Waals surface area contributed by atoms with Gasteiger partial charge in [-0.15, -0.1) is 0 Å². The van der Waals surface area contributed by atoms with Crippen molar-refractivity contribution in [2.45, 2.75) is 51.2 Å². The van der Waals surface area contributed by atoms with Crippen LogP contribution in [0.1, 0.15) is 38.2 Å². The lowest BCUT2D eigenvalue weighted by atomic mass is 10.1. The van der Waals surface area contributed by atoms with E-state index in [9.17, 15) is 4.39 Å². The number of likely N-dealkylation sites (N-methyl/N-ethyl adjacent to an activating group) is 1. The molecular weight excluding hydrogens is 239 g/mol. The molecule has 1 saturated carbocycles.